The van der Waals surface area contributed by atoms with Crippen LogP contribution in [0.2, 0.25) is 0 Å². The number of para-hydroxylation sites is 1. The van der Waals surface area contributed by atoms with E-state index in [9.17, 15) is 27.2 Å². The molecule has 1 saturated heterocycles. The van der Waals surface area contributed by atoms with Crippen LogP contribution in [0.5, 0.6) is 11.5 Å². The van der Waals surface area contributed by atoms with Crippen molar-refractivity contribution in [1.82, 2.24) is 24.6 Å². The molecule has 0 bridgehead atoms. The van der Waals surface area contributed by atoms with E-state index in [-0.39, 0.29) is 36.6 Å². The lowest BCUT2D eigenvalue weighted by Crippen LogP contribution is -2.57. The molecule has 1 aliphatic heterocycles. The summed E-state index contributed by atoms with van der Waals surface area (Å²) in [5.74, 6) is -5.12. The molecule has 3 heterocycles. The minimum atomic E-state index is -5.15. The Hall–Kier alpha value is -5.19. The van der Waals surface area contributed by atoms with Gasteiger partial charge in [-0.25, -0.2) is 4.39 Å². The summed E-state index contributed by atoms with van der Waals surface area (Å²) < 4.78 is 107. The number of carbonyl (C=O) groups excluding carboxylic acids is 2. The molecule has 1 fully saturated rings. The SMILES string of the molecule is CN(C[C@H]1CN(c2c(-n3cc(C(N)=O)cc3-c3ccnnc3)ccc(Oc3ccccc3F)c2C(F)(F)F)CCN1C)C(=O)C(F)(F)F. The largest absolute Gasteiger partial charge is 0.471 e. The Morgan fingerprint density at radius 2 is 1.75 bits per heavy atom. The van der Waals surface area contributed by atoms with Gasteiger partial charge in [0.05, 0.1) is 35.0 Å². The highest BCUT2D eigenvalue weighted by Gasteiger charge is 2.44. The molecule has 0 aliphatic carbocycles. The van der Waals surface area contributed by atoms with Gasteiger partial charge < -0.3 is 24.8 Å². The lowest BCUT2D eigenvalue weighted by atomic mass is 10.0. The van der Waals surface area contributed by atoms with Crippen LogP contribution in [0.15, 0.2) is 67.1 Å². The maximum atomic E-state index is 15.3. The number of benzene rings is 2. The van der Waals surface area contributed by atoms with Crippen molar-refractivity contribution in [2.24, 2.45) is 5.73 Å². The maximum Gasteiger partial charge on any atom is 0.471 e. The van der Waals surface area contributed by atoms with Crippen molar-refractivity contribution in [2.75, 3.05) is 45.2 Å². The number of ether oxygens (including phenoxy) is 1. The molecular weight excluding hydrogens is 651 g/mol. The molecule has 48 heavy (non-hydrogen) atoms. The number of likely N-dealkylation sites (N-methyl/N-ethyl adjacent to an activating group) is 2. The molecule has 4 aromatic rings. The molecule has 10 nitrogen and oxygen atoms in total. The molecule has 5 rings (SSSR count). The van der Waals surface area contributed by atoms with E-state index in [0.717, 1.165) is 25.2 Å². The van der Waals surface area contributed by atoms with Crippen LogP contribution in [0.1, 0.15) is 15.9 Å². The third kappa shape index (κ3) is 7.05. The second-order valence-electron chi connectivity index (χ2n) is 11.1. The summed E-state index contributed by atoms with van der Waals surface area (Å²) in [6, 6.07) is 9.22. The third-order valence-corrected chi connectivity index (χ3v) is 7.87. The van der Waals surface area contributed by atoms with Crippen LogP contribution >= 0.6 is 0 Å². The number of amides is 2. The van der Waals surface area contributed by atoms with Crippen molar-refractivity contribution in [1.29, 1.82) is 0 Å². The molecule has 17 heteroatoms. The topological polar surface area (TPSA) is 110 Å². The van der Waals surface area contributed by atoms with Gasteiger partial charge in [0.1, 0.15) is 11.3 Å². The van der Waals surface area contributed by atoms with Gasteiger partial charge in [-0.15, -0.1) is 0 Å². The van der Waals surface area contributed by atoms with Crippen LogP contribution in [-0.4, -0.2) is 88.9 Å². The second-order valence-corrected chi connectivity index (χ2v) is 11.1. The monoisotopic (exact) mass is 679 g/mol. The molecule has 2 amide bonds. The Balaban J connectivity index is 1.72. The zero-order chi connectivity index (χ0) is 35.0. The molecule has 0 saturated carbocycles. The first-order valence-corrected chi connectivity index (χ1v) is 14.3. The summed E-state index contributed by atoms with van der Waals surface area (Å²) in [6.07, 6.45) is -6.35. The van der Waals surface area contributed by atoms with E-state index in [2.05, 4.69) is 10.2 Å². The summed E-state index contributed by atoms with van der Waals surface area (Å²) in [5, 5.41) is 7.54. The zero-order valence-electron chi connectivity index (χ0n) is 25.4. The molecule has 0 unspecified atom stereocenters. The van der Waals surface area contributed by atoms with E-state index in [1.54, 1.807) is 11.9 Å². The van der Waals surface area contributed by atoms with Crippen molar-refractivity contribution < 1.29 is 45.1 Å². The number of anilines is 1. The second kappa shape index (κ2) is 13.1. The summed E-state index contributed by atoms with van der Waals surface area (Å²) in [6.45, 7) is -0.676. The fraction of sp³-hybridized carbons (Fsp3) is 0.290. The number of rotatable bonds is 8. The van der Waals surface area contributed by atoms with E-state index in [1.165, 1.54) is 58.4 Å². The van der Waals surface area contributed by atoms with Gasteiger partial charge in [-0.05, 0) is 43.4 Å². The molecular formula is C31H28F7N7O3. The highest BCUT2D eigenvalue weighted by Crippen LogP contribution is 2.48. The van der Waals surface area contributed by atoms with E-state index in [4.69, 9.17) is 10.5 Å². The van der Waals surface area contributed by atoms with Gasteiger partial charge in [-0.2, -0.15) is 36.5 Å². The van der Waals surface area contributed by atoms with Crippen LogP contribution < -0.4 is 15.4 Å². The van der Waals surface area contributed by atoms with Crippen LogP contribution in [0.25, 0.3) is 16.9 Å². The standard InChI is InChI=1S/C31H28F7N7O3/c1-42-11-12-44(17-20(42)16-43(2)29(47)31(36,37)38)27-22(45-15-19(28(39)46)13-23(45)18-9-10-40-41-14-18)7-8-25(26(27)30(33,34)35)48-24-6-4-3-5-21(24)32/h3-10,13-15,20H,11-12,16-17H2,1-2H3,(H2,39,46)/t20-/m0/s1. The molecule has 2 aromatic carbocycles. The van der Waals surface area contributed by atoms with Crippen molar-refractivity contribution >= 4 is 17.5 Å². The lowest BCUT2D eigenvalue weighted by molar-refractivity contribution is -0.184. The van der Waals surface area contributed by atoms with Crippen molar-refractivity contribution in [3.8, 4) is 28.4 Å². The molecule has 0 radical (unpaired) electrons. The number of piperazine rings is 1. The minimum Gasteiger partial charge on any atom is -0.454 e. The first-order chi connectivity index (χ1) is 22.6. The van der Waals surface area contributed by atoms with E-state index in [0.29, 0.717) is 10.5 Å². The first-order valence-electron chi connectivity index (χ1n) is 14.3. The third-order valence-electron chi connectivity index (χ3n) is 7.87. The van der Waals surface area contributed by atoms with E-state index >= 15 is 13.2 Å². The average Bonchev–Trinajstić information content (AvgIpc) is 3.48. The highest BCUT2D eigenvalue weighted by molar-refractivity contribution is 5.94. The average molecular weight is 680 g/mol. The fourth-order valence-electron chi connectivity index (χ4n) is 5.50. The van der Waals surface area contributed by atoms with Gasteiger partial charge in [0.25, 0.3) is 0 Å². The Bertz CT molecular complexity index is 1810. The number of hydrogen-bond acceptors (Lipinski definition) is 7. The predicted molar refractivity (Wildman–Crippen MR) is 159 cm³/mol. The number of primary amides is 1. The first kappa shape index (κ1) is 34.2. The number of nitrogens with zero attached hydrogens (tertiary/aromatic N) is 6. The van der Waals surface area contributed by atoms with Gasteiger partial charge in [-0.3, -0.25) is 14.5 Å². The number of hydrogen-bond donors (Lipinski definition) is 1. The molecule has 0 spiro atoms. The molecule has 254 valence electrons. The van der Waals surface area contributed by atoms with Crippen molar-refractivity contribution in [3.63, 3.8) is 0 Å². The van der Waals surface area contributed by atoms with Crippen LogP contribution in [0.3, 0.4) is 0 Å². The van der Waals surface area contributed by atoms with Gasteiger partial charge in [0, 0.05) is 51.0 Å². The molecule has 1 atom stereocenters. The maximum absolute atomic E-state index is 15.3. The lowest BCUT2D eigenvalue weighted by Gasteiger charge is -2.43. The van der Waals surface area contributed by atoms with Gasteiger partial charge in [-0.1, -0.05) is 12.1 Å². The predicted octanol–water partition coefficient (Wildman–Crippen LogP) is 5.12. The van der Waals surface area contributed by atoms with Crippen LogP contribution in [0, 0.1) is 5.82 Å². The Morgan fingerprint density at radius 1 is 1.02 bits per heavy atom. The summed E-state index contributed by atoms with van der Waals surface area (Å²) in [5.41, 5.74) is 4.21. The molecule has 1 aliphatic rings. The van der Waals surface area contributed by atoms with Gasteiger partial charge in [0.2, 0.25) is 5.91 Å². The van der Waals surface area contributed by atoms with Crippen molar-refractivity contribution in [2.45, 2.75) is 18.4 Å². The Kier molecular flexibility index (Phi) is 9.35. The number of aromatic nitrogens is 3. The van der Waals surface area contributed by atoms with E-state index < -0.39 is 65.3 Å². The summed E-state index contributed by atoms with van der Waals surface area (Å²) in [4.78, 5) is 27.6. The Labute approximate surface area is 269 Å². The van der Waals surface area contributed by atoms with Crippen molar-refractivity contribution in [3.05, 3.63) is 84.1 Å². The zero-order valence-corrected chi connectivity index (χ0v) is 25.4. The van der Waals surface area contributed by atoms with E-state index in [1.807, 2.05) is 0 Å². The summed E-state index contributed by atoms with van der Waals surface area (Å²) in [7, 11) is 2.54. The smallest absolute Gasteiger partial charge is 0.454 e. The van der Waals surface area contributed by atoms with Crippen LogP contribution in [-0.2, 0) is 11.0 Å². The quantitative estimate of drug-likeness (QED) is 0.258. The molecule has 2 aromatic heterocycles. The number of alkyl halides is 6. The normalized spacial score (nSPS) is 15.8. The van der Waals surface area contributed by atoms with Crippen LogP contribution in [0.4, 0.5) is 36.4 Å². The number of halogens is 7. The molecule has 2 N–H and O–H groups in total. The summed E-state index contributed by atoms with van der Waals surface area (Å²) >= 11 is 0. The fourth-order valence-corrected chi connectivity index (χ4v) is 5.50. The minimum absolute atomic E-state index is 0.0424. The number of nitrogens with two attached hydrogens (primary N) is 1. The van der Waals surface area contributed by atoms with Gasteiger partial charge in [0.15, 0.2) is 11.6 Å². The van der Waals surface area contributed by atoms with Gasteiger partial charge >= 0.3 is 18.3 Å². The number of carbonyl (C=O) groups is 2. The Morgan fingerprint density at radius 3 is 2.38 bits per heavy atom. The highest BCUT2D eigenvalue weighted by atomic mass is 19.4.